The molecule has 4 nitrogen and oxygen atoms in total. The zero-order valence-corrected chi connectivity index (χ0v) is 31.1. The van der Waals surface area contributed by atoms with E-state index in [1.807, 2.05) is 47.8 Å². The van der Waals surface area contributed by atoms with Crippen molar-refractivity contribution in [2.45, 2.75) is 66.2 Å². The molecule has 0 fully saturated rings. The molecule has 0 spiro atoms. The average molecular weight is 748 g/mol. The van der Waals surface area contributed by atoms with Gasteiger partial charge in [0.25, 0.3) is 0 Å². The molecule has 36 heavy (non-hydrogen) atoms. The van der Waals surface area contributed by atoms with Crippen LogP contribution >= 0.6 is 48.9 Å². The molecule has 0 atom stereocenters. The first-order valence-corrected chi connectivity index (χ1v) is 14.7. The van der Waals surface area contributed by atoms with Crippen LogP contribution in [0.4, 0.5) is 0 Å². The molecule has 2 radical (unpaired) electrons. The van der Waals surface area contributed by atoms with Crippen molar-refractivity contribution >= 4 is 117 Å². The van der Waals surface area contributed by atoms with Crippen molar-refractivity contribution in [1.82, 2.24) is 19.6 Å². The molecule has 0 amide bonds. The van der Waals surface area contributed by atoms with Crippen molar-refractivity contribution in [2.75, 3.05) is 54.4 Å². The standard InChI is InChI=1S/2C6H13NS2.2C5H11NS2.2Cu/c2*1-3-4-5-7(2)6(8)9;2*1-3-4-6(2)5(7)8;;/h2*3-5H2,1-2H3,(H,8,9);2*3-4H2,1-2H3,(H,7,8);;/q;;;;2*+2/p-4. The molecule has 222 valence electrons. The summed E-state index contributed by atoms with van der Waals surface area (Å²) in [6.45, 7) is 12.5. The zero-order valence-electron chi connectivity index (χ0n) is 22.7. The molecule has 14 heteroatoms. The predicted molar refractivity (Wildman–Crippen MR) is 181 cm³/mol. The molecule has 0 bridgehead atoms. The number of hydrogen-bond acceptors (Lipinski definition) is 8. The molecule has 0 saturated carbocycles. The van der Waals surface area contributed by atoms with Crippen LogP contribution in [-0.4, -0.2) is 91.3 Å². The van der Waals surface area contributed by atoms with Gasteiger partial charge in [0.15, 0.2) is 0 Å². The molecular weight excluding hydrogens is 704 g/mol. The fraction of sp³-hybridized carbons (Fsp3) is 0.818. The summed E-state index contributed by atoms with van der Waals surface area (Å²) in [4.78, 5) is 7.64. The molecule has 0 aliphatic rings. The normalized spacial score (nSPS) is 8.44. The van der Waals surface area contributed by atoms with E-state index in [9.17, 15) is 0 Å². The Morgan fingerprint density at radius 3 is 0.750 bits per heavy atom. The van der Waals surface area contributed by atoms with Crippen molar-refractivity contribution in [3.8, 4) is 0 Å². The molecule has 0 aliphatic heterocycles. The van der Waals surface area contributed by atoms with Crippen molar-refractivity contribution in [3.63, 3.8) is 0 Å². The average Bonchev–Trinajstić information content (AvgIpc) is 2.77. The maximum absolute atomic E-state index is 4.77. The van der Waals surface area contributed by atoms with E-state index in [1.165, 1.54) is 25.7 Å². The van der Waals surface area contributed by atoms with Crippen LogP contribution < -0.4 is 0 Å². The van der Waals surface area contributed by atoms with Crippen molar-refractivity contribution in [1.29, 1.82) is 0 Å². The first-order valence-electron chi connectivity index (χ1n) is 11.4. The monoisotopic (exact) mass is 746 g/mol. The smallest absolute Gasteiger partial charge is 0.411 e. The van der Waals surface area contributed by atoms with Crippen LogP contribution in [-0.2, 0) is 84.7 Å². The minimum absolute atomic E-state index is 0. The molecule has 0 aromatic carbocycles. The van der Waals surface area contributed by atoms with Gasteiger partial charge in [-0.25, -0.2) is 0 Å². The maximum atomic E-state index is 4.77. The fourth-order valence-electron chi connectivity index (χ4n) is 1.83. The Labute approximate surface area is 288 Å². The quantitative estimate of drug-likeness (QED) is 0.161. The molecule has 0 N–H and O–H groups in total. The molecule has 0 heterocycles. The summed E-state index contributed by atoms with van der Waals surface area (Å²) in [7, 11) is 7.70. The molecule has 0 aromatic heterocycles. The second-order valence-corrected chi connectivity index (χ2v) is 11.6. The van der Waals surface area contributed by atoms with Crippen LogP contribution in [0, 0.1) is 0 Å². The first kappa shape index (κ1) is 50.3. The van der Waals surface area contributed by atoms with E-state index in [1.54, 1.807) is 0 Å². The van der Waals surface area contributed by atoms with Gasteiger partial charge in [0, 0.05) is 54.4 Å². The summed E-state index contributed by atoms with van der Waals surface area (Å²) in [5.41, 5.74) is 0. The molecule has 0 saturated heterocycles. The predicted octanol–water partition coefficient (Wildman–Crippen LogP) is 5.42. The van der Waals surface area contributed by atoms with Gasteiger partial charge >= 0.3 is 34.1 Å². The largest absolute Gasteiger partial charge is 2.00 e. The Morgan fingerprint density at radius 1 is 0.444 bits per heavy atom. The van der Waals surface area contributed by atoms with Gasteiger partial charge in [-0.1, -0.05) is 57.8 Å². The Morgan fingerprint density at radius 2 is 0.639 bits per heavy atom. The van der Waals surface area contributed by atoms with Gasteiger partial charge in [-0.05, 0) is 25.7 Å². The van der Waals surface area contributed by atoms with Crippen LogP contribution in [0.5, 0.6) is 0 Å². The SMILES string of the molecule is CCCCN(C)C(=S)[S-].CCCCN(C)C(=S)[S-].CCCN(C)C(=S)[S-].CCCN(C)C(=S)[S-].[Cu+2].[Cu+2]. The van der Waals surface area contributed by atoms with Gasteiger partial charge in [-0.2, -0.15) is 0 Å². The number of rotatable bonds is 10. The summed E-state index contributed by atoms with van der Waals surface area (Å²) in [6.07, 6.45) is 6.95. The van der Waals surface area contributed by atoms with Gasteiger partial charge in [0.1, 0.15) is 0 Å². The summed E-state index contributed by atoms with van der Waals surface area (Å²) < 4.78 is 2.27. The van der Waals surface area contributed by atoms with Crippen molar-refractivity contribution in [3.05, 3.63) is 0 Å². The Balaban J connectivity index is -0.0000000819. The Kier molecular flexibility index (Phi) is 51.0. The molecule has 0 unspecified atom stereocenters. The summed E-state index contributed by atoms with van der Waals surface area (Å²) in [5, 5.41) is 0. The van der Waals surface area contributed by atoms with E-state index >= 15 is 0 Å². The van der Waals surface area contributed by atoms with E-state index in [0.29, 0.717) is 17.3 Å². The number of hydrogen-bond donors (Lipinski definition) is 0. The first-order chi connectivity index (χ1) is 15.7. The number of nitrogens with zero attached hydrogens (tertiary/aromatic N) is 4. The topological polar surface area (TPSA) is 13.0 Å². The van der Waals surface area contributed by atoms with Crippen LogP contribution in [0.15, 0.2) is 0 Å². The maximum Gasteiger partial charge on any atom is 2.00 e. The fourth-order valence-corrected chi connectivity index (χ4v) is 2.56. The minimum atomic E-state index is 0. The van der Waals surface area contributed by atoms with Gasteiger partial charge in [0.05, 0.1) is 0 Å². The minimum Gasteiger partial charge on any atom is -0.411 e. The van der Waals surface area contributed by atoms with Crippen LogP contribution in [0.1, 0.15) is 66.2 Å². The van der Waals surface area contributed by atoms with Crippen LogP contribution in [0.3, 0.4) is 0 Å². The van der Waals surface area contributed by atoms with E-state index in [-0.39, 0.29) is 34.1 Å². The van der Waals surface area contributed by atoms with Gasteiger partial charge < -0.3 is 119 Å². The van der Waals surface area contributed by atoms with Gasteiger partial charge in [-0.15, -0.1) is 0 Å². The van der Waals surface area contributed by atoms with E-state index in [2.05, 4.69) is 27.7 Å². The van der Waals surface area contributed by atoms with E-state index in [4.69, 9.17) is 99.4 Å². The Bertz CT molecular complexity index is 500. The third-order valence-corrected chi connectivity index (χ3v) is 6.55. The zero-order chi connectivity index (χ0) is 27.7. The Hall–Kier alpha value is 1.48. The summed E-state index contributed by atoms with van der Waals surface area (Å²) in [6, 6.07) is 0. The molecule has 0 aromatic rings. The number of thiocarbonyl (C=S) groups is 4. The second kappa shape index (κ2) is 36.5. The van der Waals surface area contributed by atoms with Crippen LogP contribution in [0.25, 0.3) is 0 Å². The second-order valence-electron chi connectivity index (χ2n) is 7.46. The van der Waals surface area contributed by atoms with Crippen molar-refractivity contribution in [2.24, 2.45) is 0 Å². The molecular formula is C22H44Cu2N4S8. The van der Waals surface area contributed by atoms with Crippen molar-refractivity contribution < 1.29 is 34.1 Å². The third kappa shape index (κ3) is 42.6. The van der Waals surface area contributed by atoms with Gasteiger partial charge in [-0.3, -0.25) is 0 Å². The molecule has 0 rings (SSSR count). The van der Waals surface area contributed by atoms with Crippen LogP contribution in [0.2, 0.25) is 0 Å². The van der Waals surface area contributed by atoms with Gasteiger partial charge in [0.2, 0.25) is 0 Å². The number of unbranched alkanes of at least 4 members (excludes halogenated alkanes) is 2. The summed E-state index contributed by atoms with van der Waals surface area (Å²) >= 11 is 38.0. The third-order valence-electron chi connectivity index (χ3n) is 4.06. The molecule has 0 aliphatic carbocycles. The summed E-state index contributed by atoms with van der Waals surface area (Å²) in [5.74, 6) is 0. The van der Waals surface area contributed by atoms with E-state index in [0.717, 1.165) is 39.0 Å². The van der Waals surface area contributed by atoms with E-state index < -0.39 is 0 Å².